The Bertz CT molecular complexity index is 402. The van der Waals surface area contributed by atoms with E-state index in [0.29, 0.717) is 6.54 Å². The van der Waals surface area contributed by atoms with E-state index >= 15 is 0 Å². The number of amides is 1. The van der Waals surface area contributed by atoms with E-state index in [1.165, 1.54) is 6.92 Å². The van der Waals surface area contributed by atoms with Crippen LogP contribution >= 0.6 is 0 Å². The van der Waals surface area contributed by atoms with Gasteiger partial charge in [0.1, 0.15) is 0 Å². The molecule has 1 heterocycles. The number of nitrogens with zero attached hydrogens (tertiary/aromatic N) is 1. The van der Waals surface area contributed by atoms with E-state index in [0.717, 1.165) is 18.4 Å². The molecule has 1 aromatic rings. The Kier molecular flexibility index (Phi) is 3.18. The molecule has 0 bridgehead atoms. The van der Waals surface area contributed by atoms with Gasteiger partial charge in [0, 0.05) is 6.54 Å². The normalized spacial score (nSPS) is 28.1. The minimum Gasteiger partial charge on any atom is -0.329 e. The van der Waals surface area contributed by atoms with Gasteiger partial charge in [-0.2, -0.15) is 0 Å². The average Bonchev–Trinajstić information content (AvgIpc) is 2.34. The molecule has 0 N–H and O–H groups in total. The summed E-state index contributed by atoms with van der Waals surface area (Å²) in [7, 11) is 0. The largest absolute Gasteiger partial charge is 0.329 e. The van der Waals surface area contributed by atoms with Crippen LogP contribution < -0.4 is 0 Å². The van der Waals surface area contributed by atoms with Crippen molar-refractivity contribution in [1.82, 2.24) is 4.90 Å². The summed E-state index contributed by atoms with van der Waals surface area (Å²) in [6, 6.07) is 9.01. The fourth-order valence-corrected chi connectivity index (χ4v) is 2.43. The van der Waals surface area contributed by atoms with Crippen molar-refractivity contribution in [2.24, 2.45) is 0 Å². The fraction of sp³-hybridized carbons (Fsp3) is 0.500. The number of rotatable bonds is 4. The number of hydrogen-bond donors (Lipinski definition) is 0. The number of unbranched alkanes of at least 4 members (excludes halogenated alkanes) is 1. The number of likely N-dealkylation sites (tertiary alicyclic amines) is 1. The Morgan fingerprint density at radius 1 is 1.35 bits per heavy atom. The number of alkyl halides is 1. The molecule has 92 valence electrons. The van der Waals surface area contributed by atoms with Crippen molar-refractivity contribution in [3.05, 3.63) is 35.9 Å². The lowest BCUT2D eigenvalue weighted by atomic mass is 9.81. The highest BCUT2D eigenvalue weighted by molar-refractivity contribution is 5.92. The van der Waals surface area contributed by atoms with Crippen LogP contribution in [-0.4, -0.2) is 23.0 Å². The molecule has 1 aliphatic rings. The Morgan fingerprint density at radius 2 is 2.00 bits per heavy atom. The summed E-state index contributed by atoms with van der Waals surface area (Å²) in [4.78, 5) is 13.4. The maximum atomic E-state index is 14.2. The highest BCUT2D eigenvalue weighted by Crippen LogP contribution is 2.45. The van der Waals surface area contributed by atoms with Crippen molar-refractivity contribution in [2.45, 2.75) is 38.4 Å². The van der Waals surface area contributed by atoms with Crippen molar-refractivity contribution < 1.29 is 9.18 Å². The SMILES string of the molecule is CCCCN1C(=O)[C@](C)(F)[C@@H]1c1ccccc1. The van der Waals surface area contributed by atoms with Crippen LogP contribution in [0.25, 0.3) is 0 Å². The number of halogens is 1. The molecule has 1 fully saturated rings. The van der Waals surface area contributed by atoms with Gasteiger partial charge in [-0.1, -0.05) is 43.7 Å². The topological polar surface area (TPSA) is 20.3 Å². The third-order valence-corrected chi connectivity index (χ3v) is 3.37. The minimum absolute atomic E-state index is 0.375. The molecule has 1 aromatic carbocycles. The molecule has 0 spiro atoms. The Hall–Kier alpha value is -1.38. The summed E-state index contributed by atoms with van der Waals surface area (Å²) < 4.78 is 14.2. The first-order valence-corrected chi connectivity index (χ1v) is 6.14. The van der Waals surface area contributed by atoms with Crippen molar-refractivity contribution >= 4 is 5.91 Å². The van der Waals surface area contributed by atoms with Crippen molar-refractivity contribution in [1.29, 1.82) is 0 Å². The third kappa shape index (κ3) is 1.94. The van der Waals surface area contributed by atoms with Crippen LogP contribution in [0.5, 0.6) is 0 Å². The van der Waals surface area contributed by atoms with E-state index in [-0.39, 0.29) is 5.91 Å². The molecule has 0 aromatic heterocycles. The van der Waals surface area contributed by atoms with Gasteiger partial charge in [0.2, 0.25) is 5.67 Å². The molecule has 1 amide bonds. The van der Waals surface area contributed by atoms with Gasteiger partial charge in [-0.05, 0) is 18.9 Å². The van der Waals surface area contributed by atoms with E-state index < -0.39 is 11.7 Å². The molecule has 2 atom stereocenters. The molecule has 1 aliphatic heterocycles. The van der Waals surface area contributed by atoms with E-state index in [1.54, 1.807) is 4.90 Å². The zero-order valence-corrected chi connectivity index (χ0v) is 10.3. The van der Waals surface area contributed by atoms with Crippen molar-refractivity contribution in [3.8, 4) is 0 Å². The van der Waals surface area contributed by atoms with Gasteiger partial charge in [0.05, 0.1) is 6.04 Å². The van der Waals surface area contributed by atoms with Crippen LogP contribution in [-0.2, 0) is 4.79 Å². The molecule has 0 aliphatic carbocycles. The molecule has 2 rings (SSSR count). The summed E-state index contributed by atoms with van der Waals surface area (Å²) in [5.41, 5.74) is -0.858. The van der Waals surface area contributed by atoms with E-state index in [1.807, 2.05) is 30.3 Å². The lowest BCUT2D eigenvalue weighted by Gasteiger charge is -2.50. The van der Waals surface area contributed by atoms with Gasteiger partial charge >= 0.3 is 0 Å². The smallest absolute Gasteiger partial charge is 0.263 e. The number of carbonyl (C=O) groups excluding carboxylic acids is 1. The summed E-state index contributed by atoms with van der Waals surface area (Å²) in [6.45, 7) is 4.10. The lowest BCUT2D eigenvalue weighted by molar-refractivity contribution is -0.174. The van der Waals surface area contributed by atoms with Crippen LogP contribution in [0.1, 0.15) is 38.3 Å². The zero-order valence-electron chi connectivity index (χ0n) is 10.3. The van der Waals surface area contributed by atoms with Gasteiger partial charge in [-0.25, -0.2) is 4.39 Å². The summed E-state index contributed by atoms with van der Waals surface area (Å²) in [6.07, 6.45) is 1.93. The maximum Gasteiger partial charge on any atom is 0.263 e. The Balaban J connectivity index is 2.21. The number of β-lactam (4-membered cyclic amide) rings is 1. The first-order valence-electron chi connectivity index (χ1n) is 6.14. The quantitative estimate of drug-likeness (QED) is 0.734. The first kappa shape index (κ1) is 12.1. The fourth-order valence-electron chi connectivity index (χ4n) is 2.43. The molecule has 0 radical (unpaired) electrons. The third-order valence-electron chi connectivity index (χ3n) is 3.37. The van der Waals surface area contributed by atoms with E-state index in [2.05, 4.69) is 6.92 Å². The Labute approximate surface area is 101 Å². The predicted molar refractivity (Wildman–Crippen MR) is 65.3 cm³/mol. The standard InChI is InChI=1S/C14H18FNO/c1-3-4-10-16-12(14(2,15)13(16)17)11-8-6-5-7-9-11/h5-9,12H,3-4,10H2,1-2H3/t12-,14+/m0/s1. The monoisotopic (exact) mass is 235 g/mol. The molecule has 1 saturated heterocycles. The maximum absolute atomic E-state index is 14.2. The van der Waals surface area contributed by atoms with E-state index in [9.17, 15) is 9.18 Å². The van der Waals surface area contributed by atoms with Crippen LogP contribution in [0.2, 0.25) is 0 Å². The molecule has 0 saturated carbocycles. The Morgan fingerprint density at radius 3 is 2.59 bits per heavy atom. The van der Waals surface area contributed by atoms with Gasteiger partial charge in [0.25, 0.3) is 5.91 Å². The summed E-state index contributed by atoms with van der Waals surface area (Å²) in [5, 5.41) is 0. The van der Waals surface area contributed by atoms with E-state index in [4.69, 9.17) is 0 Å². The van der Waals surface area contributed by atoms with Gasteiger partial charge in [-0.3, -0.25) is 4.79 Å². The lowest BCUT2D eigenvalue weighted by Crippen LogP contribution is -2.64. The van der Waals surface area contributed by atoms with Crippen molar-refractivity contribution in [2.75, 3.05) is 6.54 Å². The molecule has 2 nitrogen and oxygen atoms in total. The molecule has 17 heavy (non-hydrogen) atoms. The second kappa shape index (κ2) is 4.47. The van der Waals surface area contributed by atoms with Gasteiger partial charge < -0.3 is 4.90 Å². The van der Waals surface area contributed by atoms with Crippen LogP contribution in [0, 0.1) is 0 Å². The highest BCUT2D eigenvalue weighted by atomic mass is 19.1. The minimum atomic E-state index is -1.74. The second-order valence-corrected chi connectivity index (χ2v) is 4.74. The molecular formula is C14H18FNO. The molecule has 3 heteroatoms. The highest BCUT2D eigenvalue weighted by Gasteiger charge is 2.58. The second-order valence-electron chi connectivity index (χ2n) is 4.74. The van der Waals surface area contributed by atoms with Crippen LogP contribution in [0.15, 0.2) is 30.3 Å². The summed E-state index contributed by atoms with van der Waals surface area (Å²) >= 11 is 0. The number of hydrogen-bond acceptors (Lipinski definition) is 1. The van der Waals surface area contributed by atoms with Crippen molar-refractivity contribution in [3.63, 3.8) is 0 Å². The van der Waals surface area contributed by atoms with Crippen LogP contribution in [0.4, 0.5) is 4.39 Å². The average molecular weight is 235 g/mol. The predicted octanol–water partition coefficient (Wildman–Crippen LogP) is 3.10. The van der Waals surface area contributed by atoms with Gasteiger partial charge in [-0.15, -0.1) is 0 Å². The van der Waals surface area contributed by atoms with Gasteiger partial charge in [0.15, 0.2) is 0 Å². The molecular weight excluding hydrogens is 217 g/mol. The summed E-state index contributed by atoms with van der Waals surface area (Å²) in [5.74, 6) is -0.375. The molecule has 0 unspecified atom stereocenters. The number of benzene rings is 1. The zero-order chi connectivity index (χ0) is 12.5. The number of carbonyl (C=O) groups is 1. The first-order chi connectivity index (χ1) is 8.09. The van der Waals surface area contributed by atoms with Crippen LogP contribution in [0.3, 0.4) is 0 Å².